The Bertz CT molecular complexity index is 1240. The lowest BCUT2D eigenvalue weighted by Gasteiger charge is -2.29. The van der Waals surface area contributed by atoms with E-state index in [0.717, 1.165) is 5.56 Å². The second kappa shape index (κ2) is 8.14. The zero-order chi connectivity index (χ0) is 21.3. The maximum Gasteiger partial charge on any atom is 0.270 e. The lowest BCUT2D eigenvalue weighted by atomic mass is 10.2. The summed E-state index contributed by atoms with van der Waals surface area (Å²) in [7, 11) is -2.55. The number of Topliss-reactive ketones (excluding diaryl/α,β-unsaturated/α-hetero) is 1. The lowest BCUT2D eigenvalue weighted by molar-refractivity contribution is 0.104. The van der Waals surface area contributed by atoms with Gasteiger partial charge in [-0.15, -0.1) is 11.3 Å². The van der Waals surface area contributed by atoms with E-state index < -0.39 is 15.8 Å². The quantitative estimate of drug-likeness (QED) is 0.548. The molecule has 0 atom stereocenters. The third-order valence-electron chi connectivity index (χ3n) is 4.60. The number of halogens is 1. The highest BCUT2D eigenvalue weighted by Gasteiger charge is 2.41. The van der Waals surface area contributed by atoms with E-state index >= 15 is 0 Å². The van der Waals surface area contributed by atoms with Gasteiger partial charge < -0.3 is 10.1 Å². The van der Waals surface area contributed by atoms with E-state index in [-0.39, 0.29) is 11.4 Å². The number of hydrogen-bond acceptors (Lipinski definition) is 6. The summed E-state index contributed by atoms with van der Waals surface area (Å²) >= 11 is 7.34. The molecule has 2 heterocycles. The van der Waals surface area contributed by atoms with Gasteiger partial charge in [-0.3, -0.25) is 9.10 Å². The minimum absolute atomic E-state index is 0.131. The van der Waals surface area contributed by atoms with Crippen molar-refractivity contribution in [2.45, 2.75) is 6.54 Å². The van der Waals surface area contributed by atoms with Crippen molar-refractivity contribution in [3.63, 3.8) is 0 Å². The number of nitrogens with zero attached hydrogens (tertiary/aromatic N) is 1. The number of sulfonamides is 1. The number of thiophene rings is 1. The van der Waals surface area contributed by atoms with Crippen LogP contribution in [0.3, 0.4) is 0 Å². The number of hydrogen-bond donors (Lipinski definition) is 1. The van der Waals surface area contributed by atoms with E-state index in [1.807, 2.05) is 30.3 Å². The maximum absolute atomic E-state index is 13.3. The van der Waals surface area contributed by atoms with Crippen LogP contribution in [0.4, 0.5) is 11.4 Å². The molecule has 1 aliphatic heterocycles. The van der Waals surface area contributed by atoms with E-state index in [9.17, 15) is 13.2 Å². The summed E-state index contributed by atoms with van der Waals surface area (Å²) in [5, 5.41) is 4.96. The number of allylic oxidation sites excluding steroid dienone is 1. The van der Waals surface area contributed by atoms with Crippen LogP contribution >= 0.6 is 22.9 Å². The number of ether oxygens (including phenoxy) is 1. The molecular formula is C21H17ClN2O4S2. The Morgan fingerprint density at radius 2 is 1.93 bits per heavy atom. The summed E-state index contributed by atoms with van der Waals surface area (Å²) in [5.41, 5.74) is 1.75. The second-order valence-corrected chi connectivity index (χ2v) is 9.62. The monoisotopic (exact) mass is 460 g/mol. The Morgan fingerprint density at radius 3 is 2.63 bits per heavy atom. The van der Waals surface area contributed by atoms with Crippen LogP contribution in [0.15, 0.2) is 71.1 Å². The second-order valence-electron chi connectivity index (χ2n) is 6.46. The summed E-state index contributed by atoms with van der Waals surface area (Å²) in [5.74, 6) is -0.0371. The molecule has 0 radical (unpaired) electrons. The SMILES string of the molecule is COc1ccc(N/C=C2/C(=O)c3sccc3N(Cc3ccccc3)S2(=O)=O)cc1Cl. The van der Waals surface area contributed by atoms with Gasteiger partial charge in [0.2, 0.25) is 5.78 Å². The molecular weight excluding hydrogens is 444 g/mol. The van der Waals surface area contributed by atoms with Gasteiger partial charge >= 0.3 is 0 Å². The van der Waals surface area contributed by atoms with Crippen LogP contribution in [-0.4, -0.2) is 21.3 Å². The van der Waals surface area contributed by atoms with E-state index in [4.69, 9.17) is 16.3 Å². The molecule has 1 aromatic heterocycles. The fourth-order valence-electron chi connectivity index (χ4n) is 3.11. The van der Waals surface area contributed by atoms with Gasteiger partial charge in [0, 0.05) is 11.9 Å². The number of anilines is 2. The van der Waals surface area contributed by atoms with Crippen molar-refractivity contribution in [3.05, 3.63) is 86.5 Å². The Kier molecular flexibility index (Phi) is 5.55. The molecule has 0 amide bonds. The number of rotatable bonds is 5. The number of carbonyl (C=O) groups excluding carboxylic acids is 1. The third kappa shape index (κ3) is 3.69. The van der Waals surface area contributed by atoms with Crippen LogP contribution in [0.5, 0.6) is 5.75 Å². The minimum Gasteiger partial charge on any atom is -0.495 e. The zero-order valence-electron chi connectivity index (χ0n) is 15.8. The summed E-state index contributed by atoms with van der Waals surface area (Å²) in [6, 6.07) is 15.8. The molecule has 154 valence electrons. The fraction of sp³-hybridized carbons (Fsp3) is 0.0952. The summed E-state index contributed by atoms with van der Waals surface area (Å²) in [4.78, 5) is 13.0. The molecule has 0 fully saturated rings. The Labute approximate surface area is 183 Å². The largest absolute Gasteiger partial charge is 0.495 e. The lowest BCUT2D eigenvalue weighted by Crippen LogP contribution is -2.38. The minimum atomic E-state index is -4.06. The molecule has 1 aliphatic rings. The van der Waals surface area contributed by atoms with Gasteiger partial charge in [0.25, 0.3) is 10.0 Å². The van der Waals surface area contributed by atoms with Gasteiger partial charge in [0.05, 0.1) is 24.4 Å². The van der Waals surface area contributed by atoms with Crippen LogP contribution < -0.4 is 14.4 Å². The maximum atomic E-state index is 13.3. The Hall–Kier alpha value is -2.81. The zero-order valence-corrected chi connectivity index (χ0v) is 18.2. The van der Waals surface area contributed by atoms with Gasteiger partial charge in [-0.05, 0) is 35.2 Å². The molecule has 0 saturated heterocycles. The molecule has 2 aromatic carbocycles. The number of fused-ring (bicyclic) bond motifs is 1. The van der Waals surface area contributed by atoms with Crippen molar-refractivity contribution in [2.24, 2.45) is 0 Å². The van der Waals surface area contributed by atoms with Gasteiger partial charge in [0.1, 0.15) is 10.6 Å². The van der Waals surface area contributed by atoms with Crippen molar-refractivity contribution in [2.75, 3.05) is 16.7 Å². The molecule has 0 spiro atoms. The van der Waals surface area contributed by atoms with Crippen molar-refractivity contribution in [1.82, 2.24) is 0 Å². The third-order valence-corrected chi connectivity index (χ3v) is 7.56. The van der Waals surface area contributed by atoms with Crippen molar-refractivity contribution >= 4 is 50.1 Å². The standard InChI is InChI=1S/C21H17ClN2O4S2/c1-28-18-8-7-15(11-16(18)22)23-12-19-20(25)21-17(9-10-29-21)24(30(19,26)27)13-14-5-3-2-4-6-14/h2-12,23H,13H2,1H3/b19-12-. The molecule has 1 N–H and O–H groups in total. The first-order valence-electron chi connectivity index (χ1n) is 8.91. The Morgan fingerprint density at radius 1 is 1.17 bits per heavy atom. The predicted octanol–water partition coefficient (Wildman–Crippen LogP) is 4.90. The molecule has 3 aromatic rings. The highest BCUT2D eigenvalue weighted by Crippen LogP contribution is 2.39. The van der Waals surface area contributed by atoms with E-state index in [1.54, 1.807) is 29.6 Å². The molecule has 6 nitrogen and oxygen atoms in total. The molecule has 4 rings (SSSR count). The van der Waals surface area contributed by atoms with Crippen LogP contribution in [0, 0.1) is 0 Å². The Balaban J connectivity index is 1.72. The number of nitrogens with one attached hydrogen (secondary N) is 1. The average molecular weight is 461 g/mol. The molecule has 0 saturated carbocycles. The van der Waals surface area contributed by atoms with Crippen molar-refractivity contribution < 1.29 is 17.9 Å². The predicted molar refractivity (Wildman–Crippen MR) is 120 cm³/mol. The van der Waals surface area contributed by atoms with Gasteiger partial charge in [0.15, 0.2) is 4.91 Å². The number of methoxy groups -OCH3 is 1. The van der Waals surface area contributed by atoms with Crippen LogP contribution in [-0.2, 0) is 16.6 Å². The first kappa shape index (κ1) is 20.5. The number of ketones is 1. The average Bonchev–Trinajstić information content (AvgIpc) is 3.21. The van der Waals surface area contributed by atoms with Crippen molar-refractivity contribution in [1.29, 1.82) is 0 Å². The smallest absolute Gasteiger partial charge is 0.270 e. The molecule has 0 aliphatic carbocycles. The number of carbonyl (C=O) groups is 1. The van der Waals surface area contributed by atoms with Gasteiger partial charge in [-0.25, -0.2) is 8.42 Å². The van der Waals surface area contributed by atoms with Crippen LogP contribution in [0.2, 0.25) is 5.02 Å². The topological polar surface area (TPSA) is 75.7 Å². The molecule has 9 heteroatoms. The molecule has 0 bridgehead atoms. The molecule has 30 heavy (non-hydrogen) atoms. The highest BCUT2D eigenvalue weighted by atomic mass is 35.5. The van der Waals surface area contributed by atoms with Crippen LogP contribution in [0.1, 0.15) is 15.2 Å². The van der Waals surface area contributed by atoms with Crippen LogP contribution in [0.25, 0.3) is 0 Å². The van der Waals surface area contributed by atoms with Crippen molar-refractivity contribution in [3.8, 4) is 5.75 Å². The van der Waals surface area contributed by atoms with Gasteiger partial charge in [-0.2, -0.15) is 0 Å². The molecule has 0 unspecified atom stereocenters. The van der Waals surface area contributed by atoms with Gasteiger partial charge in [-0.1, -0.05) is 41.9 Å². The normalized spacial score (nSPS) is 16.4. The highest BCUT2D eigenvalue weighted by molar-refractivity contribution is 7.97. The summed E-state index contributed by atoms with van der Waals surface area (Å²) in [6.07, 6.45) is 1.22. The number of benzene rings is 2. The first-order chi connectivity index (χ1) is 14.4. The summed E-state index contributed by atoms with van der Waals surface area (Å²) < 4.78 is 33.0. The fourth-order valence-corrected chi connectivity index (χ4v) is 5.85. The van der Waals surface area contributed by atoms with E-state index in [1.165, 1.54) is 29.0 Å². The van der Waals surface area contributed by atoms with E-state index in [0.29, 0.717) is 27.0 Å². The van der Waals surface area contributed by atoms with E-state index in [2.05, 4.69) is 5.32 Å². The first-order valence-corrected chi connectivity index (χ1v) is 11.6. The summed E-state index contributed by atoms with van der Waals surface area (Å²) in [6.45, 7) is 0.131.